The number of hydrogen-bond donors (Lipinski definition) is 1. The molecule has 0 saturated heterocycles. The molecule has 0 aliphatic carbocycles. The summed E-state index contributed by atoms with van der Waals surface area (Å²) >= 11 is 0. The highest BCUT2D eigenvalue weighted by Gasteiger charge is 2.09. The van der Waals surface area contributed by atoms with Gasteiger partial charge in [0.15, 0.2) is 5.76 Å². The van der Waals surface area contributed by atoms with Gasteiger partial charge in [-0.05, 0) is 51.1 Å². The number of tetrazole rings is 1. The average Bonchev–Trinajstić information content (AvgIpc) is 2.93. The molecule has 0 aliphatic heterocycles. The quantitative estimate of drug-likeness (QED) is 0.817. The van der Waals surface area contributed by atoms with Crippen LogP contribution in [-0.4, -0.2) is 32.3 Å². The third-order valence-corrected chi connectivity index (χ3v) is 2.38. The van der Waals surface area contributed by atoms with Crippen LogP contribution in [0.4, 0.5) is 0 Å². The van der Waals surface area contributed by atoms with Crippen molar-refractivity contribution in [3.05, 3.63) is 18.4 Å². The summed E-state index contributed by atoms with van der Waals surface area (Å²) in [4.78, 5) is 1.60. The van der Waals surface area contributed by atoms with Crippen LogP contribution >= 0.6 is 0 Å². The molecular formula is C12H19N5O. The van der Waals surface area contributed by atoms with Crippen LogP contribution in [-0.2, 0) is 6.54 Å². The molecule has 0 aliphatic rings. The highest BCUT2D eigenvalue weighted by atomic mass is 16.3. The van der Waals surface area contributed by atoms with Crippen LogP contribution in [0.3, 0.4) is 0 Å². The van der Waals surface area contributed by atoms with E-state index in [2.05, 4.69) is 41.5 Å². The number of rotatable bonds is 5. The van der Waals surface area contributed by atoms with E-state index in [0.29, 0.717) is 11.6 Å². The average molecular weight is 249 g/mol. The Kier molecular flexibility index (Phi) is 3.76. The molecule has 2 aromatic rings. The Morgan fingerprint density at radius 2 is 2.22 bits per heavy atom. The van der Waals surface area contributed by atoms with E-state index >= 15 is 0 Å². The summed E-state index contributed by atoms with van der Waals surface area (Å²) in [6.45, 7) is 8.12. The summed E-state index contributed by atoms with van der Waals surface area (Å²) in [5, 5.41) is 15.6. The van der Waals surface area contributed by atoms with E-state index in [1.807, 2.05) is 12.1 Å². The zero-order chi connectivity index (χ0) is 13.0. The lowest BCUT2D eigenvalue weighted by Crippen LogP contribution is -2.36. The van der Waals surface area contributed by atoms with Crippen LogP contribution in [0, 0.1) is 0 Å². The highest BCUT2D eigenvalue weighted by molar-refractivity contribution is 5.43. The first-order valence-electron chi connectivity index (χ1n) is 6.11. The molecule has 0 atom stereocenters. The summed E-state index contributed by atoms with van der Waals surface area (Å²) in [5.41, 5.74) is 0.148. The first-order chi connectivity index (χ1) is 8.54. The molecule has 18 heavy (non-hydrogen) atoms. The Labute approximate surface area is 106 Å². The van der Waals surface area contributed by atoms with Crippen LogP contribution in [0.15, 0.2) is 22.8 Å². The standard InChI is InChI=1S/C12H19N5O/c1-12(2,3)13-7-5-8-17-15-11(14-16-17)10-6-4-9-18-10/h4,6,9,13H,5,7-8H2,1-3H3. The largest absolute Gasteiger partial charge is 0.461 e. The Balaban J connectivity index is 1.81. The Bertz CT molecular complexity index is 469. The minimum atomic E-state index is 0.148. The second-order valence-electron chi connectivity index (χ2n) is 5.22. The van der Waals surface area contributed by atoms with E-state index in [0.717, 1.165) is 19.5 Å². The lowest BCUT2D eigenvalue weighted by molar-refractivity contribution is 0.399. The molecule has 2 rings (SSSR count). The molecule has 0 fully saturated rings. The monoisotopic (exact) mass is 249 g/mol. The number of hydrogen-bond acceptors (Lipinski definition) is 5. The number of nitrogens with zero attached hydrogens (tertiary/aromatic N) is 4. The van der Waals surface area contributed by atoms with Crippen molar-refractivity contribution in [1.29, 1.82) is 0 Å². The maximum Gasteiger partial charge on any atom is 0.240 e. The van der Waals surface area contributed by atoms with E-state index in [1.165, 1.54) is 0 Å². The van der Waals surface area contributed by atoms with Gasteiger partial charge in [0.25, 0.3) is 0 Å². The molecule has 0 spiro atoms. The summed E-state index contributed by atoms with van der Waals surface area (Å²) in [6, 6.07) is 3.63. The van der Waals surface area contributed by atoms with Gasteiger partial charge in [0, 0.05) is 5.54 Å². The van der Waals surface area contributed by atoms with Gasteiger partial charge in [-0.1, -0.05) is 0 Å². The van der Waals surface area contributed by atoms with E-state index < -0.39 is 0 Å². The van der Waals surface area contributed by atoms with E-state index in [1.54, 1.807) is 11.1 Å². The van der Waals surface area contributed by atoms with Crippen molar-refractivity contribution in [2.45, 2.75) is 39.3 Å². The molecule has 2 heterocycles. The van der Waals surface area contributed by atoms with Gasteiger partial charge in [-0.2, -0.15) is 4.80 Å². The van der Waals surface area contributed by atoms with Crippen LogP contribution in [0.2, 0.25) is 0 Å². The molecule has 0 unspecified atom stereocenters. The molecule has 0 amide bonds. The fourth-order valence-corrected chi connectivity index (χ4v) is 1.53. The number of aryl methyl sites for hydroxylation is 1. The van der Waals surface area contributed by atoms with Gasteiger partial charge in [-0.15, -0.1) is 10.2 Å². The third kappa shape index (κ3) is 3.66. The second kappa shape index (κ2) is 5.30. The molecule has 6 nitrogen and oxygen atoms in total. The predicted octanol–water partition coefficient (Wildman–Crippen LogP) is 1.71. The van der Waals surface area contributed by atoms with Crippen LogP contribution in [0.25, 0.3) is 11.6 Å². The normalized spacial score (nSPS) is 11.9. The van der Waals surface area contributed by atoms with E-state index in [9.17, 15) is 0 Å². The van der Waals surface area contributed by atoms with Gasteiger partial charge in [0.1, 0.15) is 0 Å². The lowest BCUT2D eigenvalue weighted by Gasteiger charge is -2.20. The summed E-state index contributed by atoms with van der Waals surface area (Å²) in [6.07, 6.45) is 2.56. The smallest absolute Gasteiger partial charge is 0.240 e. The van der Waals surface area contributed by atoms with Gasteiger partial charge in [0.05, 0.1) is 12.8 Å². The maximum absolute atomic E-state index is 5.21. The topological polar surface area (TPSA) is 68.8 Å². The molecular weight excluding hydrogens is 230 g/mol. The van der Waals surface area contributed by atoms with Gasteiger partial charge in [-0.25, -0.2) is 0 Å². The van der Waals surface area contributed by atoms with Gasteiger partial charge < -0.3 is 9.73 Å². The van der Waals surface area contributed by atoms with Crippen molar-refractivity contribution in [3.63, 3.8) is 0 Å². The fraction of sp³-hybridized carbons (Fsp3) is 0.583. The molecule has 0 bridgehead atoms. The van der Waals surface area contributed by atoms with Crippen molar-refractivity contribution in [2.24, 2.45) is 0 Å². The van der Waals surface area contributed by atoms with Crippen molar-refractivity contribution >= 4 is 0 Å². The second-order valence-corrected chi connectivity index (χ2v) is 5.22. The Morgan fingerprint density at radius 3 is 2.89 bits per heavy atom. The lowest BCUT2D eigenvalue weighted by atomic mass is 10.1. The molecule has 0 radical (unpaired) electrons. The first-order valence-corrected chi connectivity index (χ1v) is 6.11. The molecule has 0 aromatic carbocycles. The van der Waals surface area contributed by atoms with Crippen LogP contribution in [0.5, 0.6) is 0 Å². The maximum atomic E-state index is 5.21. The zero-order valence-electron chi connectivity index (χ0n) is 11.1. The Hall–Kier alpha value is -1.69. The Morgan fingerprint density at radius 1 is 1.39 bits per heavy atom. The van der Waals surface area contributed by atoms with Gasteiger partial charge >= 0.3 is 0 Å². The number of furan rings is 1. The zero-order valence-corrected chi connectivity index (χ0v) is 11.1. The van der Waals surface area contributed by atoms with Gasteiger partial charge in [-0.3, -0.25) is 0 Å². The van der Waals surface area contributed by atoms with Crippen LogP contribution in [0.1, 0.15) is 27.2 Å². The molecule has 98 valence electrons. The molecule has 0 saturated carbocycles. The first kappa shape index (κ1) is 12.8. The molecule has 1 N–H and O–H groups in total. The predicted molar refractivity (Wildman–Crippen MR) is 67.9 cm³/mol. The van der Waals surface area contributed by atoms with E-state index in [4.69, 9.17) is 4.42 Å². The molecule has 2 aromatic heterocycles. The molecule has 6 heteroatoms. The van der Waals surface area contributed by atoms with Gasteiger partial charge in [0.2, 0.25) is 5.82 Å². The van der Waals surface area contributed by atoms with Crippen molar-refractivity contribution in [3.8, 4) is 11.6 Å². The summed E-state index contributed by atoms with van der Waals surface area (Å²) < 4.78 is 5.21. The minimum absolute atomic E-state index is 0.148. The summed E-state index contributed by atoms with van der Waals surface area (Å²) in [5.74, 6) is 1.18. The highest BCUT2D eigenvalue weighted by Crippen LogP contribution is 2.12. The van der Waals surface area contributed by atoms with E-state index in [-0.39, 0.29) is 5.54 Å². The number of aromatic nitrogens is 4. The van der Waals surface area contributed by atoms with Crippen LogP contribution < -0.4 is 5.32 Å². The van der Waals surface area contributed by atoms with Crippen molar-refractivity contribution < 1.29 is 4.42 Å². The fourth-order valence-electron chi connectivity index (χ4n) is 1.53. The minimum Gasteiger partial charge on any atom is -0.461 e. The SMILES string of the molecule is CC(C)(C)NCCCn1nnc(-c2ccco2)n1. The van der Waals surface area contributed by atoms with Crippen molar-refractivity contribution in [2.75, 3.05) is 6.54 Å². The number of nitrogens with one attached hydrogen (secondary N) is 1. The van der Waals surface area contributed by atoms with Crippen molar-refractivity contribution in [1.82, 2.24) is 25.5 Å². The third-order valence-electron chi connectivity index (χ3n) is 2.38. The summed E-state index contributed by atoms with van der Waals surface area (Å²) in [7, 11) is 0.